The van der Waals surface area contributed by atoms with Crippen molar-refractivity contribution in [2.75, 3.05) is 0 Å². The van der Waals surface area contributed by atoms with Gasteiger partial charge >= 0.3 is 0 Å². The lowest BCUT2D eigenvalue weighted by molar-refractivity contribution is -0.131. The van der Waals surface area contributed by atoms with Crippen LogP contribution in [0.25, 0.3) is 5.57 Å². The molecular formula is C33H30N2O4S3. The van der Waals surface area contributed by atoms with Gasteiger partial charge in [-0.1, -0.05) is 121 Å². The minimum atomic E-state index is -4.17. The van der Waals surface area contributed by atoms with Crippen molar-refractivity contribution in [3.8, 4) is 0 Å². The maximum Gasteiger partial charge on any atom is 0.266 e. The van der Waals surface area contributed by atoms with Gasteiger partial charge in [-0.3, -0.25) is 14.5 Å². The molecule has 2 aliphatic rings. The predicted octanol–water partition coefficient (Wildman–Crippen LogP) is 6.21. The summed E-state index contributed by atoms with van der Waals surface area (Å²) in [5.74, 6) is -0.990. The van der Waals surface area contributed by atoms with Gasteiger partial charge in [-0.25, -0.2) is 13.1 Å². The zero-order valence-electron chi connectivity index (χ0n) is 23.2. The van der Waals surface area contributed by atoms with Gasteiger partial charge in [-0.15, -0.1) is 0 Å². The Bertz CT molecular complexity index is 1710. The van der Waals surface area contributed by atoms with Crippen LogP contribution in [0.2, 0.25) is 0 Å². The third-order valence-electron chi connectivity index (χ3n) is 7.25. The molecule has 0 bridgehead atoms. The highest BCUT2D eigenvalue weighted by Crippen LogP contribution is 2.38. The van der Waals surface area contributed by atoms with Crippen LogP contribution in [0.3, 0.4) is 0 Å². The zero-order chi connectivity index (χ0) is 29.9. The molecule has 3 aromatic carbocycles. The van der Waals surface area contributed by atoms with E-state index in [4.69, 9.17) is 12.2 Å². The number of carbonyl (C=O) groups excluding carboxylic acids is 2. The van der Waals surface area contributed by atoms with Crippen LogP contribution in [0.1, 0.15) is 30.0 Å². The highest BCUT2D eigenvalue weighted by Gasteiger charge is 2.41. The van der Waals surface area contributed by atoms with Crippen LogP contribution in [0, 0.1) is 12.8 Å². The molecule has 1 N–H and O–H groups in total. The number of hydrogen-bond donors (Lipinski definition) is 1. The van der Waals surface area contributed by atoms with Crippen LogP contribution in [0.15, 0.2) is 119 Å². The van der Waals surface area contributed by atoms with Gasteiger partial charge in [-0.05, 0) is 59.7 Å². The molecule has 1 saturated heterocycles. The number of rotatable bonds is 8. The Morgan fingerprint density at radius 3 is 2.31 bits per heavy atom. The first-order valence-corrected chi connectivity index (χ1v) is 16.2. The van der Waals surface area contributed by atoms with Gasteiger partial charge in [0.2, 0.25) is 0 Å². The summed E-state index contributed by atoms with van der Waals surface area (Å²) in [7, 11) is -4.17. The Morgan fingerprint density at radius 1 is 1.02 bits per heavy atom. The van der Waals surface area contributed by atoms with Crippen LogP contribution in [0.4, 0.5) is 0 Å². The number of nitrogens with zero attached hydrogens (tertiary/aromatic N) is 1. The molecule has 1 fully saturated rings. The molecule has 9 heteroatoms. The number of benzene rings is 3. The Kier molecular flexibility index (Phi) is 8.91. The zero-order valence-corrected chi connectivity index (χ0v) is 25.6. The Hall–Kier alpha value is -3.79. The van der Waals surface area contributed by atoms with E-state index in [0.29, 0.717) is 4.91 Å². The lowest BCUT2D eigenvalue weighted by atomic mass is 9.84. The van der Waals surface area contributed by atoms with Crippen LogP contribution in [-0.2, 0) is 26.0 Å². The van der Waals surface area contributed by atoms with E-state index in [-0.39, 0.29) is 21.6 Å². The summed E-state index contributed by atoms with van der Waals surface area (Å²) >= 11 is 6.72. The third-order valence-corrected chi connectivity index (χ3v) is 9.94. The van der Waals surface area contributed by atoms with Crippen molar-refractivity contribution in [1.82, 2.24) is 9.62 Å². The summed E-state index contributed by atoms with van der Waals surface area (Å²) < 4.78 is 28.5. The summed E-state index contributed by atoms with van der Waals surface area (Å²) in [5, 5.41) is 0. The highest BCUT2D eigenvalue weighted by molar-refractivity contribution is 8.26. The first-order valence-electron chi connectivity index (χ1n) is 13.5. The van der Waals surface area contributed by atoms with Gasteiger partial charge in [0.1, 0.15) is 10.4 Å². The van der Waals surface area contributed by atoms with Gasteiger partial charge in [0, 0.05) is 6.42 Å². The topological polar surface area (TPSA) is 83.6 Å². The monoisotopic (exact) mass is 614 g/mol. The summed E-state index contributed by atoms with van der Waals surface area (Å²) in [4.78, 5) is 29.0. The number of sulfonamides is 1. The van der Waals surface area contributed by atoms with Crippen LogP contribution < -0.4 is 4.72 Å². The maximum atomic E-state index is 13.7. The van der Waals surface area contributed by atoms with Gasteiger partial charge in [0.15, 0.2) is 0 Å². The van der Waals surface area contributed by atoms with E-state index in [1.807, 2.05) is 67.6 Å². The molecule has 0 aromatic heterocycles. The molecule has 2 atom stereocenters. The number of carbonyl (C=O) groups is 2. The quantitative estimate of drug-likeness (QED) is 0.240. The fourth-order valence-electron chi connectivity index (χ4n) is 5.04. The predicted molar refractivity (Wildman–Crippen MR) is 172 cm³/mol. The average Bonchev–Trinajstić information content (AvgIpc) is 3.24. The molecule has 1 aliphatic carbocycles. The number of allylic oxidation sites excluding steroid dienone is 5. The van der Waals surface area contributed by atoms with Crippen molar-refractivity contribution in [2.24, 2.45) is 5.92 Å². The molecule has 2 amide bonds. The molecular weight excluding hydrogens is 585 g/mol. The van der Waals surface area contributed by atoms with E-state index in [1.54, 1.807) is 12.1 Å². The van der Waals surface area contributed by atoms with Crippen molar-refractivity contribution in [3.63, 3.8) is 0 Å². The molecule has 0 saturated carbocycles. The average molecular weight is 615 g/mol. The lowest BCUT2D eigenvalue weighted by Gasteiger charge is -2.26. The first-order chi connectivity index (χ1) is 20.1. The largest absolute Gasteiger partial charge is 0.280 e. The number of aryl methyl sites for hydroxylation is 1. The Labute approximate surface area is 256 Å². The molecule has 0 spiro atoms. The second-order valence-electron chi connectivity index (χ2n) is 10.4. The number of hydrogen-bond acceptors (Lipinski definition) is 6. The van der Waals surface area contributed by atoms with Crippen molar-refractivity contribution in [1.29, 1.82) is 0 Å². The molecule has 1 heterocycles. The molecule has 0 radical (unpaired) electrons. The molecule has 6 nitrogen and oxygen atoms in total. The molecule has 42 heavy (non-hydrogen) atoms. The van der Waals surface area contributed by atoms with E-state index in [0.717, 1.165) is 34.9 Å². The van der Waals surface area contributed by atoms with Crippen molar-refractivity contribution >= 4 is 55.7 Å². The van der Waals surface area contributed by atoms with Crippen LogP contribution in [-0.4, -0.2) is 35.5 Å². The normalized spacial score (nSPS) is 19.0. The summed E-state index contributed by atoms with van der Waals surface area (Å²) in [6.07, 6.45) is 6.76. The van der Waals surface area contributed by atoms with Crippen molar-refractivity contribution in [2.45, 2.75) is 37.6 Å². The molecule has 1 aliphatic heterocycles. The number of nitrogens with one attached hydrogen (secondary N) is 1. The standard InChI is InChI=1S/C33H30N2O4S3/c1-22-13-16-27(17-14-22)42(38,39)34-31(36)29(20-24-9-5-3-6-10-24)35-32(37)30(41-33(35)40)21-25-15-18-28(23(2)19-25)26-11-7-4-8-12-26/h3-18,21,23,29H,19-20H2,1-2H3,(H,34,36)/b30-21-/t23?,29-/m0/s1. The third kappa shape index (κ3) is 6.64. The van der Waals surface area contributed by atoms with Crippen molar-refractivity contribution < 1.29 is 18.0 Å². The molecule has 5 rings (SSSR count). The minimum Gasteiger partial charge on any atom is -0.280 e. The number of amides is 2. The van der Waals surface area contributed by atoms with E-state index in [1.165, 1.54) is 28.2 Å². The number of thioether (sulfide) groups is 1. The summed E-state index contributed by atoms with van der Waals surface area (Å²) in [5.41, 5.74) is 5.04. The first kappa shape index (κ1) is 29.7. The van der Waals surface area contributed by atoms with E-state index in [9.17, 15) is 18.0 Å². The van der Waals surface area contributed by atoms with Gasteiger partial charge in [-0.2, -0.15) is 0 Å². The number of thiocarbonyl (C=S) groups is 1. The minimum absolute atomic E-state index is 0.0357. The summed E-state index contributed by atoms with van der Waals surface area (Å²) in [6.45, 7) is 4.00. The highest BCUT2D eigenvalue weighted by atomic mass is 32.2. The fourth-order valence-corrected chi connectivity index (χ4v) is 7.43. The van der Waals surface area contributed by atoms with Crippen molar-refractivity contribution in [3.05, 3.63) is 130 Å². The Morgan fingerprint density at radius 2 is 1.67 bits per heavy atom. The van der Waals surface area contributed by atoms with E-state index in [2.05, 4.69) is 29.9 Å². The Balaban J connectivity index is 1.42. The van der Waals surface area contributed by atoms with E-state index >= 15 is 0 Å². The second kappa shape index (κ2) is 12.6. The van der Waals surface area contributed by atoms with Gasteiger partial charge in [0.05, 0.1) is 9.80 Å². The van der Waals surface area contributed by atoms with Crippen LogP contribution in [0.5, 0.6) is 0 Å². The second-order valence-corrected chi connectivity index (χ2v) is 13.7. The van der Waals surface area contributed by atoms with Gasteiger partial charge < -0.3 is 0 Å². The SMILES string of the molecule is Cc1ccc(S(=O)(=O)NC(=O)[C@H](Cc2ccccc2)N2C(=O)/C(=C/C3=CC=C(c4ccccc4)C(C)C3)SC2=S)cc1. The van der Waals surface area contributed by atoms with Crippen LogP contribution >= 0.6 is 24.0 Å². The van der Waals surface area contributed by atoms with Gasteiger partial charge in [0.25, 0.3) is 21.8 Å². The smallest absolute Gasteiger partial charge is 0.266 e. The molecule has 3 aromatic rings. The molecule has 1 unspecified atom stereocenters. The lowest BCUT2D eigenvalue weighted by Crippen LogP contribution is -2.51. The molecule has 214 valence electrons. The summed E-state index contributed by atoms with van der Waals surface area (Å²) in [6, 6.07) is 24.4. The maximum absolute atomic E-state index is 13.7. The fraction of sp³-hybridized carbons (Fsp3) is 0.182. The van der Waals surface area contributed by atoms with E-state index < -0.39 is 27.9 Å².